The summed E-state index contributed by atoms with van der Waals surface area (Å²) in [6, 6.07) is 9.11. The summed E-state index contributed by atoms with van der Waals surface area (Å²) in [6.07, 6.45) is -0.554. The molecule has 0 aliphatic carbocycles. The zero-order valence-electron chi connectivity index (χ0n) is 11.0. The Hall–Kier alpha value is -2.50. The van der Waals surface area contributed by atoms with Crippen molar-refractivity contribution in [3.05, 3.63) is 35.9 Å². The van der Waals surface area contributed by atoms with Crippen LogP contribution in [0.3, 0.4) is 0 Å². The first kappa shape index (κ1) is 17.5. The van der Waals surface area contributed by atoms with Gasteiger partial charge in [-0.25, -0.2) is 0 Å². The van der Waals surface area contributed by atoms with Crippen LogP contribution in [0.15, 0.2) is 30.3 Å². The van der Waals surface area contributed by atoms with Crippen LogP contribution in [0.4, 0.5) is 0 Å². The summed E-state index contributed by atoms with van der Waals surface area (Å²) < 4.78 is 0. The lowest BCUT2D eigenvalue weighted by atomic mass is 10.1. The van der Waals surface area contributed by atoms with Gasteiger partial charge in [0.2, 0.25) is 0 Å². The van der Waals surface area contributed by atoms with Crippen LogP contribution in [0, 0.1) is 0 Å². The second-order valence-electron chi connectivity index (χ2n) is 4.04. The van der Waals surface area contributed by atoms with Gasteiger partial charge in [0, 0.05) is 6.42 Å². The Labute approximate surface area is 116 Å². The van der Waals surface area contributed by atoms with E-state index >= 15 is 0 Å². The molecule has 0 saturated carbocycles. The average Bonchev–Trinajstić information content (AvgIpc) is 2.27. The van der Waals surface area contributed by atoms with Crippen molar-refractivity contribution in [2.24, 2.45) is 0 Å². The molecule has 0 aliphatic rings. The fourth-order valence-corrected chi connectivity index (χ4v) is 1.27. The van der Waals surface area contributed by atoms with Crippen molar-refractivity contribution in [1.29, 1.82) is 0 Å². The van der Waals surface area contributed by atoms with Crippen molar-refractivity contribution in [3.8, 4) is 0 Å². The Bertz CT molecular complexity index is 466. The second-order valence-corrected chi connectivity index (χ2v) is 4.04. The van der Waals surface area contributed by atoms with Crippen molar-refractivity contribution in [2.75, 3.05) is 0 Å². The molecule has 0 spiro atoms. The van der Waals surface area contributed by atoms with Crippen LogP contribution in [-0.2, 0) is 25.6 Å². The molecule has 1 aromatic carbocycles. The molecule has 0 atom stereocenters. The van der Waals surface area contributed by atoms with E-state index in [2.05, 4.69) is 0 Å². The van der Waals surface area contributed by atoms with Crippen LogP contribution >= 0.6 is 0 Å². The summed E-state index contributed by atoms with van der Waals surface area (Å²) in [5, 5.41) is 16.2. The molecule has 108 valence electrons. The number of carboxylic acids is 2. The van der Waals surface area contributed by atoms with Gasteiger partial charge in [-0.05, 0) is 12.5 Å². The van der Waals surface area contributed by atoms with E-state index in [0.29, 0.717) is 0 Å². The van der Waals surface area contributed by atoms with E-state index in [-0.39, 0.29) is 24.4 Å². The van der Waals surface area contributed by atoms with Gasteiger partial charge in [-0.3, -0.25) is 19.2 Å². The largest absolute Gasteiger partial charge is 0.481 e. The number of carbonyl (C=O) groups is 4. The number of benzene rings is 1. The molecule has 0 heterocycles. The van der Waals surface area contributed by atoms with Gasteiger partial charge in [0.1, 0.15) is 24.4 Å². The Balaban J connectivity index is 0.000000441. The van der Waals surface area contributed by atoms with Gasteiger partial charge < -0.3 is 10.2 Å². The molecule has 0 bridgehead atoms. The molecular formula is C14H16O6. The van der Waals surface area contributed by atoms with E-state index in [0.717, 1.165) is 5.56 Å². The molecule has 0 saturated heterocycles. The summed E-state index contributed by atoms with van der Waals surface area (Å²) >= 11 is 0. The van der Waals surface area contributed by atoms with Crippen LogP contribution in [0.2, 0.25) is 0 Å². The van der Waals surface area contributed by atoms with Crippen molar-refractivity contribution in [3.63, 3.8) is 0 Å². The first-order valence-electron chi connectivity index (χ1n) is 5.80. The maximum Gasteiger partial charge on any atom is 0.310 e. The molecule has 0 aromatic heterocycles. The topological polar surface area (TPSA) is 109 Å². The summed E-state index contributed by atoms with van der Waals surface area (Å²) in [5.74, 6) is -2.71. The minimum Gasteiger partial charge on any atom is -0.481 e. The first-order valence-corrected chi connectivity index (χ1v) is 5.80. The summed E-state index contributed by atoms with van der Waals surface area (Å²) in [7, 11) is 0. The fraction of sp³-hybridized carbons (Fsp3) is 0.286. The molecule has 0 amide bonds. The summed E-state index contributed by atoms with van der Waals surface area (Å²) in [6.45, 7) is 1.24. The zero-order valence-corrected chi connectivity index (χ0v) is 11.0. The Morgan fingerprint density at radius 1 is 0.900 bits per heavy atom. The maximum absolute atomic E-state index is 11.0. The molecule has 6 heteroatoms. The summed E-state index contributed by atoms with van der Waals surface area (Å²) in [4.78, 5) is 40.7. The van der Waals surface area contributed by atoms with Gasteiger partial charge in [0.15, 0.2) is 0 Å². The van der Waals surface area contributed by atoms with Gasteiger partial charge in [-0.2, -0.15) is 0 Å². The van der Waals surface area contributed by atoms with Crippen LogP contribution < -0.4 is 0 Å². The fourth-order valence-electron chi connectivity index (χ4n) is 1.27. The lowest BCUT2D eigenvalue weighted by Crippen LogP contribution is -2.08. The van der Waals surface area contributed by atoms with Gasteiger partial charge in [0.05, 0.1) is 0 Å². The highest BCUT2D eigenvalue weighted by atomic mass is 16.4. The van der Waals surface area contributed by atoms with E-state index in [1.165, 1.54) is 6.92 Å². The minimum atomic E-state index is -1.07. The van der Waals surface area contributed by atoms with Crippen LogP contribution in [0.1, 0.15) is 25.3 Å². The molecule has 0 unspecified atom stereocenters. The number of hydrogen-bond donors (Lipinski definition) is 2. The minimum absolute atomic E-state index is 0.202. The number of aliphatic carboxylic acids is 2. The molecule has 0 fully saturated rings. The van der Waals surface area contributed by atoms with E-state index in [9.17, 15) is 19.2 Å². The lowest BCUT2D eigenvalue weighted by Gasteiger charge is -1.97. The Morgan fingerprint density at radius 3 is 1.75 bits per heavy atom. The van der Waals surface area contributed by atoms with Crippen molar-refractivity contribution in [2.45, 2.75) is 26.2 Å². The third-order valence-electron chi connectivity index (χ3n) is 1.99. The molecule has 1 aromatic rings. The second kappa shape index (κ2) is 9.43. The van der Waals surface area contributed by atoms with Crippen molar-refractivity contribution >= 4 is 23.5 Å². The third kappa shape index (κ3) is 10.6. The molecule has 0 radical (unpaired) electrons. The van der Waals surface area contributed by atoms with Gasteiger partial charge in [-0.1, -0.05) is 30.3 Å². The lowest BCUT2D eigenvalue weighted by molar-refractivity contribution is -0.141. The number of Topliss-reactive ketones (excluding diaryl/α,β-unsaturated/α-hetero) is 2. The van der Waals surface area contributed by atoms with Gasteiger partial charge in [-0.15, -0.1) is 0 Å². The Morgan fingerprint density at radius 2 is 1.40 bits per heavy atom. The molecule has 1 rings (SSSR count). The Kier molecular flexibility index (Phi) is 8.25. The van der Waals surface area contributed by atoms with E-state index < -0.39 is 18.4 Å². The highest BCUT2D eigenvalue weighted by Crippen LogP contribution is 2.01. The molecule has 20 heavy (non-hydrogen) atoms. The van der Waals surface area contributed by atoms with Crippen molar-refractivity contribution in [1.82, 2.24) is 0 Å². The smallest absolute Gasteiger partial charge is 0.310 e. The highest BCUT2D eigenvalue weighted by Gasteiger charge is 2.07. The van der Waals surface area contributed by atoms with Crippen molar-refractivity contribution < 1.29 is 29.4 Å². The highest BCUT2D eigenvalue weighted by molar-refractivity contribution is 5.95. The molecule has 2 N–H and O–H groups in total. The van der Waals surface area contributed by atoms with E-state index in [1.54, 1.807) is 12.1 Å². The number of hydrogen-bond acceptors (Lipinski definition) is 4. The number of carbonyl (C=O) groups excluding carboxylic acids is 2. The standard InChI is InChI=1S/C10H10O3.C4H6O3/c11-9(7-10(12)13)6-8-4-2-1-3-5-8;1-3(5)2-4(6)7/h1-5H,6-7H2,(H,12,13);2H2,1H3,(H,6,7). The number of ketones is 2. The molecule has 6 nitrogen and oxygen atoms in total. The van der Waals surface area contributed by atoms with Gasteiger partial charge in [0.25, 0.3) is 0 Å². The number of carboxylic acid groups (broad SMARTS) is 2. The normalized spacial score (nSPS) is 9.05. The van der Waals surface area contributed by atoms with E-state index in [1.807, 2.05) is 18.2 Å². The third-order valence-corrected chi connectivity index (χ3v) is 1.99. The number of rotatable bonds is 6. The monoisotopic (exact) mass is 280 g/mol. The first-order chi connectivity index (χ1) is 9.31. The zero-order chi connectivity index (χ0) is 15.5. The quantitative estimate of drug-likeness (QED) is 0.761. The summed E-state index contributed by atoms with van der Waals surface area (Å²) in [5.41, 5.74) is 0.855. The molecule has 0 aliphatic heterocycles. The van der Waals surface area contributed by atoms with Crippen LogP contribution in [-0.4, -0.2) is 33.7 Å². The van der Waals surface area contributed by atoms with E-state index in [4.69, 9.17) is 10.2 Å². The predicted octanol–water partition coefficient (Wildman–Crippen LogP) is 1.32. The maximum atomic E-state index is 11.0. The van der Waals surface area contributed by atoms with Crippen LogP contribution in [0.5, 0.6) is 0 Å². The SMILES string of the molecule is CC(=O)CC(=O)O.O=C(O)CC(=O)Cc1ccccc1. The molecular weight excluding hydrogens is 264 g/mol. The predicted molar refractivity (Wildman–Crippen MR) is 70.3 cm³/mol. The average molecular weight is 280 g/mol. The van der Waals surface area contributed by atoms with Crippen LogP contribution in [0.25, 0.3) is 0 Å². The van der Waals surface area contributed by atoms with Gasteiger partial charge >= 0.3 is 11.9 Å².